The molecular weight excluding hydrogens is 368 g/mol. The Hall–Kier alpha value is -2.80. The van der Waals surface area contributed by atoms with Gasteiger partial charge in [0.05, 0.1) is 32.4 Å². The van der Waals surface area contributed by atoms with E-state index in [9.17, 15) is 9.59 Å². The van der Waals surface area contributed by atoms with E-state index in [0.717, 1.165) is 39.3 Å². The summed E-state index contributed by atoms with van der Waals surface area (Å²) < 4.78 is 5.22. The SMILES string of the molecule is C[C@H](C(=O)N1CCN(c2ccccc2)CC1)[NH+]1CCN(C(=O)c2ccco2)CC1. The van der Waals surface area contributed by atoms with Crippen LogP contribution in [0, 0.1) is 0 Å². The molecule has 2 saturated heterocycles. The number of carbonyl (C=O) groups is 2. The molecule has 3 heterocycles. The average molecular weight is 397 g/mol. The maximum absolute atomic E-state index is 13.0. The summed E-state index contributed by atoms with van der Waals surface area (Å²) in [6, 6.07) is 13.7. The number of nitrogens with zero attached hydrogens (tertiary/aromatic N) is 3. The summed E-state index contributed by atoms with van der Waals surface area (Å²) in [5.41, 5.74) is 1.22. The molecule has 154 valence electrons. The van der Waals surface area contributed by atoms with Gasteiger partial charge in [0, 0.05) is 31.9 Å². The topological polar surface area (TPSA) is 61.4 Å². The molecule has 1 atom stereocenters. The largest absolute Gasteiger partial charge is 0.459 e. The fraction of sp³-hybridized carbons (Fsp3) is 0.455. The molecule has 4 rings (SSSR count). The van der Waals surface area contributed by atoms with Crippen molar-refractivity contribution in [2.45, 2.75) is 13.0 Å². The van der Waals surface area contributed by atoms with Gasteiger partial charge in [-0.05, 0) is 31.2 Å². The second-order valence-corrected chi connectivity index (χ2v) is 7.80. The van der Waals surface area contributed by atoms with E-state index in [1.807, 2.05) is 22.8 Å². The lowest BCUT2D eigenvalue weighted by Gasteiger charge is -2.39. The molecular formula is C22H29N4O3+. The van der Waals surface area contributed by atoms with E-state index < -0.39 is 0 Å². The molecule has 2 aliphatic heterocycles. The number of piperazine rings is 2. The monoisotopic (exact) mass is 397 g/mol. The highest BCUT2D eigenvalue weighted by Crippen LogP contribution is 2.15. The Morgan fingerprint density at radius 3 is 2.21 bits per heavy atom. The number of benzene rings is 1. The van der Waals surface area contributed by atoms with Crippen LogP contribution in [0.4, 0.5) is 5.69 Å². The van der Waals surface area contributed by atoms with E-state index in [1.54, 1.807) is 12.1 Å². The predicted octanol–water partition coefficient (Wildman–Crippen LogP) is 0.358. The van der Waals surface area contributed by atoms with E-state index in [4.69, 9.17) is 4.42 Å². The standard InChI is InChI=1S/C22H28N4O3/c1-18(23-9-13-26(14-10-23)22(28)20-8-5-17-29-20)21(27)25-15-11-24(12-16-25)19-6-3-2-4-7-19/h2-8,17-18H,9-16H2,1H3/p+1/t18-/m1/s1. The molecule has 0 aliphatic carbocycles. The van der Waals surface area contributed by atoms with Crippen LogP contribution in [0.3, 0.4) is 0 Å². The van der Waals surface area contributed by atoms with Crippen molar-refractivity contribution in [2.75, 3.05) is 57.3 Å². The maximum Gasteiger partial charge on any atom is 0.289 e. The number of hydrogen-bond donors (Lipinski definition) is 1. The second-order valence-electron chi connectivity index (χ2n) is 7.80. The van der Waals surface area contributed by atoms with E-state index in [1.165, 1.54) is 16.9 Å². The molecule has 0 saturated carbocycles. The molecule has 1 aromatic heterocycles. The minimum absolute atomic E-state index is 0.0648. The first-order chi connectivity index (χ1) is 14.1. The molecule has 7 nitrogen and oxygen atoms in total. The third kappa shape index (κ3) is 4.29. The van der Waals surface area contributed by atoms with Gasteiger partial charge in [0.15, 0.2) is 11.8 Å². The molecule has 2 fully saturated rings. The van der Waals surface area contributed by atoms with Crippen molar-refractivity contribution in [3.8, 4) is 0 Å². The fourth-order valence-corrected chi connectivity index (χ4v) is 4.26. The molecule has 2 amide bonds. The lowest BCUT2D eigenvalue weighted by Crippen LogP contribution is -3.19. The Kier molecular flexibility index (Phi) is 5.85. The molecule has 0 unspecified atom stereocenters. The number of carbonyl (C=O) groups excluding carboxylic acids is 2. The summed E-state index contributed by atoms with van der Waals surface area (Å²) in [5.74, 6) is 0.539. The van der Waals surface area contributed by atoms with Gasteiger partial charge < -0.3 is 24.0 Å². The zero-order valence-corrected chi connectivity index (χ0v) is 16.9. The smallest absolute Gasteiger partial charge is 0.289 e. The molecule has 2 aromatic rings. The van der Waals surface area contributed by atoms with Gasteiger partial charge in [0.2, 0.25) is 0 Å². The van der Waals surface area contributed by atoms with Gasteiger partial charge in [-0.25, -0.2) is 0 Å². The molecule has 0 bridgehead atoms. The Labute approximate surface area is 171 Å². The summed E-state index contributed by atoms with van der Waals surface area (Å²) in [7, 11) is 0. The van der Waals surface area contributed by atoms with Crippen molar-refractivity contribution in [3.05, 3.63) is 54.5 Å². The predicted molar refractivity (Wildman–Crippen MR) is 110 cm³/mol. The lowest BCUT2D eigenvalue weighted by atomic mass is 10.1. The van der Waals surface area contributed by atoms with Gasteiger partial charge in [-0.1, -0.05) is 18.2 Å². The summed E-state index contributed by atoms with van der Waals surface area (Å²) in [6.45, 7) is 8.12. The van der Waals surface area contributed by atoms with Crippen LogP contribution < -0.4 is 9.80 Å². The summed E-state index contributed by atoms with van der Waals surface area (Å²) in [4.78, 5) is 32.8. The van der Waals surface area contributed by atoms with Crippen molar-refractivity contribution in [1.29, 1.82) is 0 Å². The van der Waals surface area contributed by atoms with Gasteiger partial charge in [0.25, 0.3) is 11.8 Å². The third-order valence-corrected chi connectivity index (χ3v) is 6.12. The zero-order valence-electron chi connectivity index (χ0n) is 16.9. The van der Waals surface area contributed by atoms with Crippen LogP contribution in [0.1, 0.15) is 17.5 Å². The minimum atomic E-state index is -0.0841. The van der Waals surface area contributed by atoms with Crippen LogP contribution in [0.15, 0.2) is 53.1 Å². The van der Waals surface area contributed by atoms with E-state index in [2.05, 4.69) is 29.2 Å². The summed E-state index contributed by atoms with van der Waals surface area (Å²) >= 11 is 0. The van der Waals surface area contributed by atoms with Crippen LogP contribution in [0.25, 0.3) is 0 Å². The Balaban J connectivity index is 1.26. The molecule has 2 aliphatic rings. The number of furan rings is 1. The molecule has 7 heteroatoms. The van der Waals surface area contributed by atoms with Crippen LogP contribution >= 0.6 is 0 Å². The lowest BCUT2D eigenvalue weighted by molar-refractivity contribution is -0.918. The first kappa shape index (κ1) is 19.5. The average Bonchev–Trinajstić information content (AvgIpc) is 3.33. The third-order valence-electron chi connectivity index (χ3n) is 6.12. The maximum atomic E-state index is 13.0. The van der Waals surface area contributed by atoms with Gasteiger partial charge in [-0.3, -0.25) is 9.59 Å². The number of rotatable bonds is 4. The molecule has 1 N–H and O–H groups in total. The number of quaternary nitrogens is 1. The first-order valence-corrected chi connectivity index (χ1v) is 10.4. The van der Waals surface area contributed by atoms with Crippen molar-refractivity contribution in [3.63, 3.8) is 0 Å². The van der Waals surface area contributed by atoms with Gasteiger partial charge >= 0.3 is 0 Å². The highest BCUT2D eigenvalue weighted by atomic mass is 16.3. The molecule has 0 spiro atoms. The Morgan fingerprint density at radius 2 is 1.59 bits per heavy atom. The fourth-order valence-electron chi connectivity index (χ4n) is 4.26. The number of anilines is 1. The van der Waals surface area contributed by atoms with Gasteiger partial charge in [-0.2, -0.15) is 0 Å². The van der Waals surface area contributed by atoms with Crippen LogP contribution in [-0.2, 0) is 4.79 Å². The van der Waals surface area contributed by atoms with Crippen molar-refractivity contribution < 1.29 is 18.9 Å². The van der Waals surface area contributed by atoms with Crippen LogP contribution in [0.2, 0.25) is 0 Å². The number of amides is 2. The summed E-state index contributed by atoms with van der Waals surface area (Å²) in [5, 5.41) is 0. The van der Waals surface area contributed by atoms with E-state index in [0.29, 0.717) is 18.8 Å². The molecule has 29 heavy (non-hydrogen) atoms. The highest BCUT2D eigenvalue weighted by molar-refractivity contribution is 5.91. The minimum Gasteiger partial charge on any atom is -0.459 e. The first-order valence-electron chi connectivity index (χ1n) is 10.4. The number of nitrogens with one attached hydrogen (secondary N) is 1. The van der Waals surface area contributed by atoms with Crippen molar-refractivity contribution >= 4 is 17.5 Å². The van der Waals surface area contributed by atoms with Crippen LogP contribution in [0.5, 0.6) is 0 Å². The van der Waals surface area contributed by atoms with E-state index in [-0.39, 0.29) is 17.9 Å². The second kappa shape index (κ2) is 8.69. The van der Waals surface area contributed by atoms with Crippen LogP contribution in [-0.4, -0.2) is 80.0 Å². The molecule has 1 aromatic carbocycles. The van der Waals surface area contributed by atoms with Crippen molar-refractivity contribution in [1.82, 2.24) is 9.80 Å². The normalized spacial score (nSPS) is 19.3. The Bertz CT molecular complexity index is 808. The summed E-state index contributed by atoms with van der Waals surface area (Å²) in [6.07, 6.45) is 1.52. The van der Waals surface area contributed by atoms with Crippen molar-refractivity contribution in [2.24, 2.45) is 0 Å². The zero-order chi connectivity index (χ0) is 20.2. The Morgan fingerprint density at radius 1 is 0.897 bits per heavy atom. The number of hydrogen-bond acceptors (Lipinski definition) is 4. The van der Waals surface area contributed by atoms with E-state index >= 15 is 0 Å². The molecule has 0 radical (unpaired) electrons. The van der Waals surface area contributed by atoms with Gasteiger partial charge in [0.1, 0.15) is 0 Å². The quantitative estimate of drug-likeness (QED) is 0.809. The highest BCUT2D eigenvalue weighted by Gasteiger charge is 2.34. The number of para-hydroxylation sites is 1. The van der Waals surface area contributed by atoms with Gasteiger partial charge in [-0.15, -0.1) is 0 Å².